The molecule has 0 amide bonds. The number of carbonyl (C=O) groups is 1. The average molecular weight is 239 g/mol. The van der Waals surface area contributed by atoms with Crippen LogP contribution in [0.4, 0.5) is 0 Å². The molecule has 2 atom stereocenters. The number of benzene rings is 1. The molecule has 86 valence electrons. The molecule has 0 spiro atoms. The zero-order valence-electron chi connectivity index (χ0n) is 8.59. The molecule has 1 aromatic carbocycles. The van der Waals surface area contributed by atoms with Crippen LogP contribution in [-0.2, 0) is 4.79 Å². The second kappa shape index (κ2) is 4.76. The van der Waals surface area contributed by atoms with Gasteiger partial charge in [-0.2, -0.15) is 0 Å². The molecule has 1 heterocycles. The molecule has 1 saturated heterocycles. The molecule has 3 N–H and O–H groups in total. The third kappa shape index (κ3) is 2.48. The predicted octanol–water partition coefficient (Wildman–Crippen LogP) is 1.57. The van der Waals surface area contributed by atoms with Crippen LogP contribution in [0.1, 0.15) is 17.4 Å². The lowest BCUT2D eigenvalue weighted by atomic mass is 10.1. The van der Waals surface area contributed by atoms with E-state index in [1.54, 1.807) is 30.0 Å². The summed E-state index contributed by atoms with van der Waals surface area (Å²) >= 11 is 1.66. The highest BCUT2D eigenvalue weighted by Gasteiger charge is 2.27. The van der Waals surface area contributed by atoms with Crippen molar-refractivity contribution in [1.82, 2.24) is 5.32 Å². The first-order chi connectivity index (χ1) is 7.66. The number of phenolic OH excluding ortho intramolecular Hbond substituents is 1. The standard InChI is InChI=1S/C11H13NO3S/c13-8-3-1-2-7(6-8)10-12-9(11(14)15)4-5-16-10/h1-3,6,9-10,12-13H,4-5H2,(H,14,15). The van der Waals surface area contributed by atoms with Gasteiger partial charge in [0.15, 0.2) is 0 Å². The van der Waals surface area contributed by atoms with Crippen molar-refractivity contribution in [2.45, 2.75) is 17.8 Å². The van der Waals surface area contributed by atoms with Crippen LogP contribution in [-0.4, -0.2) is 28.0 Å². The summed E-state index contributed by atoms with van der Waals surface area (Å²) < 4.78 is 0. The van der Waals surface area contributed by atoms with Gasteiger partial charge in [-0.3, -0.25) is 10.1 Å². The number of phenols is 1. The SMILES string of the molecule is O=C(O)C1CCSC(c2cccc(O)c2)N1. The quantitative estimate of drug-likeness (QED) is 0.731. The molecule has 1 fully saturated rings. The average Bonchev–Trinajstić information content (AvgIpc) is 2.29. The van der Waals surface area contributed by atoms with E-state index in [4.69, 9.17) is 5.11 Å². The van der Waals surface area contributed by atoms with Crippen molar-refractivity contribution < 1.29 is 15.0 Å². The van der Waals surface area contributed by atoms with Gasteiger partial charge in [0, 0.05) is 0 Å². The molecule has 0 aromatic heterocycles. The maximum atomic E-state index is 10.9. The van der Waals surface area contributed by atoms with Gasteiger partial charge in [-0.05, 0) is 29.9 Å². The zero-order chi connectivity index (χ0) is 11.5. The third-order valence-corrected chi connectivity index (χ3v) is 3.73. The van der Waals surface area contributed by atoms with Crippen LogP contribution in [0.3, 0.4) is 0 Å². The van der Waals surface area contributed by atoms with Gasteiger partial charge in [0.1, 0.15) is 11.8 Å². The monoisotopic (exact) mass is 239 g/mol. The highest BCUT2D eigenvalue weighted by molar-refractivity contribution is 7.99. The summed E-state index contributed by atoms with van der Waals surface area (Å²) in [6.07, 6.45) is 0.634. The second-order valence-corrected chi connectivity index (χ2v) is 4.90. The summed E-state index contributed by atoms with van der Waals surface area (Å²) in [4.78, 5) is 10.9. The van der Waals surface area contributed by atoms with Crippen LogP contribution in [0.15, 0.2) is 24.3 Å². The number of aliphatic carboxylic acids is 1. The summed E-state index contributed by atoms with van der Waals surface area (Å²) in [5, 5.41) is 21.3. The summed E-state index contributed by atoms with van der Waals surface area (Å²) in [6, 6.07) is 6.42. The van der Waals surface area contributed by atoms with Gasteiger partial charge in [0.25, 0.3) is 0 Å². The van der Waals surface area contributed by atoms with E-state index in [-0.39, 0.29) is 11.1 Å². The van der Waals surface area contributed by atoms with Gasteiger partial charge in [-0.15, -0.1) is 11.8 Å². The molecule has 4 nitrogen and oxygen atoms in total. The number of rotatable bonds is 2. The summed E-state index contributed by atoms with van der Waals surface area (Å²) in [5.41, 5.74) is 0.913. The van der Waals surface area contributed by atoms with Gasteiger partial charge in [0.05, 0.1) is 5.37 Å². The number of hydrogen-bond donors (Lipinski definition) is 3. The summed E-state index contributed by atoms with van der Waals surface area (Å²) in [7, 11) is 0. The van der Waals surface area contributed by atoms with Crippen LogP contribution >= 0.6 is 11.8 Å². The van der Waals surface area contributed by atoms with Crippen molar-refractivity contribution in [1.29, 1.82) is 0 Å². The molecule has 1 aliphatic rings. The normalized spacial score (nSPS) is 25.2. The third-order valence-electron chi connectivity index (χ3n) is 2.51. The minimum Gasteiger partial charge on any atom is -0.508 e. The molecule has 0 radical (unpaired) electrons. The van der Waals surface area contributed by atoms with E-state index in [1.807, 2.05) is 6.07 Å². The number of nitrogens with one attached hydrogen (secondary N) is 1. The van der Waals surface area contributed by atoms with E-state index in [2.05, 4.69) is 5.32 Å². The molecule has 0 bridgehead atoms. The topological polar surface area (TPSA) is 69.6 Å². The molecular weight excluding hydrogens is 226 g/mol. The van der Waals surface area contributed by atoms with Crippen molar-refractivity contribution in [3.8, 4) is 5.75 Å². The van der Waals surface area contributed by atoms with E-state index in [0.29, 0.717) is 6.42 Å². The Labute approximate surface area is 97.7 Å². The van der Waals surface area contributed by atoms with E-state index in [9.17, 15) is 9.90 Å². The fourth-order valence-corrected chi connectivity index (χ4v) is 2.90. The maximum Gasteiger partial charge on any atom is 0.320 e. The van der Waals surface area contributed by atoms with Gasteiger partial charge >= 0.3 is 5.97 Å². The molecular formula is C11H13NO3S. The first kappa shape index (κ1) is 11.3. The summed E-state index contributed by atoms with van der Waals surface area (Å²) in [6.45, 7) is 0. The zero-order valence-corrected chi connectivity index (χ0v) is 9.41. The van der Waals surface area contributed by atoms with Crippen molar-refractivity contribution in [2.75, 3.05) is 5.75 Å². The van der Waals surface area contributed by atoms with E-state index in [1.165, 1.54) is 0 Å². The number of carboxylic acid groups (broad SMARTS) is 1. The van der Waals surface area contributed by atoms with Crippen molar-refractivity contribution >= 4 is 17.7 Å². The molecule has 5 heteroatoms. The molecule has 1 aromatic rings. The summed E-state index contributed by atoms with van der Waals surface area (Å²) in [5.74, 6) is 0.201. The molecule has 0 aliphatic carbocycles. The van der Waals surface area contributed by atoms with Crippen LogP contribution in [0.25, 0.3) is 0 Å². The largest absolute Gasteiger partial charge is 0.508 e. The lowest BCUT2D eigenvalue weighted by Gasteiger charge is -2.28. The predicted molar refractivity (Wildman–Crippen MR) is 62.5 cm³/mol. The van der Waals surface area contributed by atoms with Crippen LogP contribution in [0.5, 0.6) is 5.75 Å². The van der Waals surface area contributed by atoms with Crippen LogP contribution in [0, 0.1) is 0 Å². The Kier molecular flexibility index (Phi) is 3.36. The Bertz CT molecular complexity index is 397. The number of thioether (sulfide) groups is 1. The Morgan fingerprint density at radius 2 is 2.31 bits per heavy atom. The van der Waals surface area contributed by atoms with Gasteiger partial charge in [-0.1, -0.05) is 12.1 Å². The smallest absolute Gasteiger partial charge is 0.320 e. The Hall–Kier alpha value is -1.20. The first-order valence-electron chi connectivity index (χ1n) is 5.06. The number of hydrogen-bond acceptors (Lipinski definition) is 4. The van der Waals surface area contributed by atoms with E-state index >= 15 is 0 Å². The fourth-order valence-electron chi connectivity index (χ4n) is 1.69. The lowest BCUT2D eigenvalue weighted by Crippen LogP contribution is -2.41. The highest BCUT2D eigenvalue weighted by Crippen LogP contribution is 2.32. The van der Waals surface area contributed by atoms with Crippen LogP contribution in [0.2, 0.25) is 0 Å². The minimum atomic E-state index is -0.814. The minimum absolute atomic E-state index is 0.0538. The van der Waals surface area contributed by atoms with E-state index < -0.39 is 12.0 Å². The number of aromatic hydroxyl groups is 1. The molecule has 0 saturated carbocycles. The van der Waals surface area contributed by atoms with Crippen LogP contribution < -0.4 is 5.32 Å². The van der Waals surface area contributed by atoms with E-state index in [0.717, 1.165) is 11.3 Å². The first-order valence-corrected chi connectivity index (χ1v) is 6.11. The Morgan fingerprint density at radius 3 is 3.00 bits per heavy atom. The molecule has 1 aliphatic heterocycles. The molecule has 16 heavy (non-hydrogen) atoms. The lowest BCUT2D eigenvalue weighted by molar-refractivity contribution is -0.139. The van der Waals surface area contributed by atoms with Crippen molar-refractivity contribution in [2.24, 2.45) is 0 Å². The van der Waals surface area contributed by atoms with Crippen molar-refractivity contribution in [3.05, 3.63) is 29.8 Å². The fraction of sp³-hybridized carbons (Fsp3) is 0.364. The maximum absolute atomic E-state index is 10.9. The molecule has 2 rings (SSSR count). The highest BCUT2D eigenvalue weighted by atomic mass is 32.2. The number of carboxylic acids is 1. The Morgan fingerprint density at radius 1 is 1.50 bits per heavy atom. The van der Waals surface area contributed by atoms with Gasteiger partial charge in [0.2, 0.25) is 0 Å². The second-order valence-electron chi connectivity index (χ2n) is 3.69. The van der Waals surface area contributed by atoms with Gasteiger partial charge < -0.3 is 10.2 Å². The molecule has 2 unspecified atom stereocenters. The van der Waals surface area contributed by atoms with Crippen molar-refractivity contribution in [3.63, 3.8) is 0 Å². The van der Waals surface area contributed by atoms with Gasteiger partial charge in [-0.25, -0.2) is 0 Å². The Balaban J connectivity index is 2.12.